The number of anilines is 1. The molecule has 6 heteroatoms. The van der Waals surface area contributed by atoms with Crippen molar-refractivity contribution in [2.45, 2.75) is 19.9 Å². The molecule has 2 heterocycles. The molecule has 1 amide bonds. The van der Waals surface area contributed by atoms with Crippen molar-refractivity contribution in [1.29, 1.82) is 0 Å². The first-order valence-electron chi connectivity index (χ1n) is 9.65. The largest absolute Gasteiger partial charge is 0.503 e. The van der Waals surface area contributed by atoms with Gasteiger partial charge in [0.25, 0.3) is 5.91 Å². The molecular weight excluding hydrogens is 398 g/mol. The topological polar surface area (TPSA) is 66.8 Å². The van der Waals surface area contributed by atoms with Crippen molar-refractivity contribution in [1.82, 2.24) is 0 Å². The lowest BCUT2D eigenvalue weighted by Crippen LogP contribution is -2.31. The number of aryl methyl sites for hydroxylation is 1. The third kappa shape index (κ3) is 3.50. The third-order valence-corrected chi connectivity index (χ3v) is 5.83. The molecule has 0 saturated heterocycles. The van der Waals surface area contributed by atoms with E-state index in [-0.39, 0.29) is 11.4 Å². The van der Waals surface area contributed by atoms with Crippen molar-refractivity contribution < 1.29 is 19.4 Å². The van der Waals surface area contributed by atoms with Gasteiger partial charge in [-0.1, -0.05) is 42.0 Å². The summed E-state index contributed by atoms with van der Waals surface area (Å²) < 4.78 is 5.58. The maximum Gasteiger partial charge on any atom is 0.294 e. The van der Waals surface area contributed by atoms with Gasteiger partial charge in [0.1, 0.15) is 5.75 Å². The summed E-state index contributed by atoms with van der Waals surface area (Å²) in [4.78, 5) is 28.4. The number of aliphatic hydroxyl groups is 1. The van der Waals surface area contributed by atoms with E-state index in [0.717, 1.165) is 11.1 Å². The summed E-state index contributed by atoms with van der Waals surface area (Å²) in [7, 11) is 0. The van der Waals surface area contributed by atoms with Crippen LogP contribution in [0.5, 0.6) is 5.75 Å². The number of benzene rings is 2. The molecule has 3 aromatic rings. The van der Waals surface area contributed by atoms with Crippen LogP contribution in [-0.4, -0.2) is 23.4 Å². The Bertz CT molecular complexity index is 1130. The highest BCUT2D eigenvalue weighted by molar-refractivity contribution is 7.12. The van der Waals surface area contributed by atoms with Gasteiger partial charge in [-0.2, -0.15) is 0 Å². The second kappa shape index (κ2) is 8.16. The van der Waals surface area contributed by atoms with E-state index in [1.54, 1.807) is 41.8 Å². The van der Waals surface area contributed by atoms with Gasteiger partial charge >= 0.3 is 0 Å². The van der Waals surface area contributed by atoms with E-state index in [2.05, 4.69) is 0 Å². The fraction of sp³-hybridized carbons (Fsp3) is 0.167. The zero-order valence-electron chi connectivity index (χ0n) is 16.7. The summed E-state index contributed by atoms with van der Waals surface area (Å²) >= 11 is 1.28. The van der Waals surface area contributed by atoms with Gasteiger partial charge in [0.2, 0.25) is 5.78 Å². The average molecular weight is 420 g/mol. The molecule has 1 aliphatic heterocycles. The predicted molar refractivity (Wildman–Crippen MR) is 117 cm³/mol. The summed E-state index contributed by atoms with van der Waals surface area (Å²) in [5.74, 6) is -0.842. The second-order valence-corrected chi connectivity index (χ2v) is 7.94. The van der Waals surface area contributed by atoms with Gasteiger partial charge in [0.15, 0.2) is 5.76 Å². The van der Waals surface area contributed by atoms with Gasteiger partial charge in [-0.25, -0.2) is 0 Å². The lowest BCUT2D eigenvalue weighted by molar-refractivity contribution is -0.117. The number of rotatable bonds is 6. The van der Waals surface area contributed by atoms with Crippen LogP contribution in [0.25, 0.3) is 0 Å². The highest BCUT2D eigenvalue weighted by Gasteiger charge is 2.44. The molecule has 0 aliphatic carbocycles. The number of carbonyl (C=O) groups excluding carboxylic acids is 2. The van der Waals surface area contributed by atoms with Crippen molar-refractivity contribution >= 4 is 28.7 Å². The molecule has 30 heavy (non-hydrogen) atoms. The van der Waals surface area contributed by atoms with Crippen LogP contribution >= 0.6 is 11.3 Å². The summed E-state index contributed by atoms with van der Waals surface area (Å²) in [6.45, 7) is 4.32. The van der Waals surface area contributed by atoms with E-state index in [9.17, 15) is 14.7 Å². The molecule has 5 nitrogen and oxygen atoms in total. The molecule has 4 rings (SSSR count). The van der Waals surface area contributed by atoms with Crippen LogP contribution in [0.4, 0.5) is 5.69 Å². The molecule has 0 spiro atoms. The van der Waals surface area contributed by atoms with Crippen molar-refractivity contribution in [2.24, 2.45) is 0 Å². The van der Waals surface area contributed by atoms with E-state index >= 15 is 0 Å². The first-order chi connectivity index (χ1) is 14.5. The maximum atomic E-state index is 13.3. The second-order valence-electron chi connectivity index (χ2n) is 6.99. The Morgan fingerprint density at radius 1 is 1.13 bits per heavy atom. The van der Waals surface area contributed by atoms with Gasteiger partial charge in [0.05, 0.1) is 23.1 Å². The molecule has 1 unspecified atom stereocenters. The molecule has 1 N–H and O–H groups in total. The number of amides is 1. The number of carbonyl (C=O) groups is 2. The lowest BCUT2D eigenvalue weighted by Gasteiger charge is -2.27. The van der Waals surface area contributed by atoms with E-state index in [4.69, 9.17) is 4.74 Å². The quantitative estimate of drug-likeness (QED) is 0.555. The monoisotopic (exact) mass is 419 g/mol. The number of aliphatic hydroxyl groups excluding tert-OH is 1. The van der Waals surface area contributed by atoms with Gasteiger partial charge in [0, 0.05) is 11.8 Å². The number of Topliss-reactive ketones (excluding diaryl/α,β-unsaturated/α-hetero) is 1. The summed E-state index contributed by atoms with van der Waals surface area (Å²) in [6.07, 6.45) is 0. The first-order valence-corrected chi connectivity index (χ1v) is 10.5. The number of ether oxygens (including phenoxy) is 1. The van der Waals surface area contributed by atoms with Crippen molar-refractivity contribution in [3.05, 3.63) is 93.4 Å². The van der Waals surface area contributed by atoms with Crippen LogP contribution in [0.2, 0.25) is 0 Å². The Morgan fingerprint density at radius 2 is 1.93 bits per heavy atom. The average Bonchev–Trinajstić information content (AvgIpc) is 3.36. The van der Waals surface area contributed by atoms with Crippen molar-refractivity contribution in [2.75, 3.05) is 11.5 Å². The maximum absolute atomic E-state index is 13.3. The first kappa shape index (κ1) is 19.9. The Labute approximate surface area is 178 Å². The number of hydrogen-bond donors (Lipinski definition) is 1. The van der Waals surface area contributed by atoms with Crippen molar-refractivity contribution in [3.63, 3.8) is 0 Å². The van der Waals surface area contributed by atoms with Gasteiger partial charge in [-0.3, -0.25) is 14.5 Å². The van der Waals surface area contributed by atoms with Gasteiger partial charge in [-0.15, -0.1) is 11.3 Å². The minimum Gasteiger partial charge on any atom is -0.503 e. The minimum atomic E-state index is -0.733. The minimum absolute atomic E-state index is 0.0925. The highest BCUT2D eigenvalue weighted by atomic mass is 32.1. The molecule has 0 bridgehead atoms. The van der Waals surface area contributed by atoms with E-state index in [0.29, 0.717) is 22.9 Å². The van der Waals surface area contributed by atoms with E-state index < -0.39 is 17.7 Å². The molecular formula is C24H21NO4S. The SMILES string of the molecule is CCOc1cccc(N2C(=O)C(O)=C(C(=O)c3cccs3)C2c2cccc(C)c2)c1. The van der Waals surface area contributed by atoms with Crippen LogP contribution < -0.4 is 9.64 Å². The van der Waals surface area contributed by atoms with Crippen LogP contribution in [0.1, 0.15) is 33.8 Å². The highest BCUT2D eigenvalue weighted by Crippen LogP contribution is 2.43. The summed E-state index contributed by atoms with van der Waals surface area (Å²) in [5.41, 5.74) is 2.40. The normalized spacial score (nSPS) is 16.3. The third-order valence-electron chi connectivity index (χ3n) is 4.96. The van der Waals surface area contributed by atoms with Gasteiger partial charge < -0.3 is 9.84 Å². The number of hydrogen-bond acceptors (Lipinski definition) is 5. The molecule has 1 aliphatic rings. The summed E-state index contributed by atoms with van der Waals surface area (Å²) in [6, 6.07) is 17.5. The van der Waals surface area contributed by atoms with E-state index in [1.807, 2.05) is 38.1 Å². The number of ketones is 1. The zero-order chi connectivity index (χ0) is 21.3. The molecule has 1 atom stereocenters. The summed E-state index contributed by atoms with van der Waals surface area (Å²) in [5, 5.41) is 12.6. The molecule has 0 saturated carbocycles. The smallest absolute Gasteiger partial charge is 0.294 e. The molecule has 152 valence electrons. The van der Waals surface area contributed by atoms with Gasteiger partial charge in [-0.05, 0) is 43.0 Å². The Hall–Kier alpha value is -3.38. The Morgan fingerprint density at radius 3 is 2.63 bits per heavy atom. The zero-order valence-corrected chi connectivity index (χ0v) is 17.5. The Kier molecular flexibility index (Phi) is 5.42. The fourth-order valence-electron chi connectivity index (χ4n) is 3.69. The molecule has 0 radical (unpaired) electrons. The number of thiophene rings is 1. The van der Waals surface area contributed by atoms with Crippen LogP contribution in [-0.2, 0) is 4.79 Å². The fourth-order valence-corrected chi connectivity index (χ4v) is 4.37. The number of nitrogens with zero attached hydrogens (tertiary/aromatic N) is 1. The van der Waals surface area contributed by atoms with E-state index in [1.165, 1.54) is 16.2 Å². The predicted octanol–water partition coefficient (Wildman–Crippen LogP) is 5.24. The lowest BCUT2D eigenvalue weighted by atomic mass is 9.94. The van der Waals surface area contributed by atoms with Crippen LogP contribution in [0, 0.1) is 6.92 Å². The van der Waals surface area contributed by atoms with Crippen LogP contribution in [0.15, 0.2) is 77.4 Å². The Balaban J connectivity index is 1.87. The molecule has 2 aromatic carbocycles. The molecule has 0 fully saturated rings. The molecule has 1 aromatic heterocycles. The van der Waals surface area contributed by atoms with Crippen molar-refractivity contribution in [3.8, 4) is 5.75 Å². The standard InChI is InChI=1S/C24H21NO4S/c1-3-29-18-10-5-9-17(14-18)25-21(16-8-4-7-15(2)13-16)20(23(27)24(25)28)22(26)19-11-6-12-30-19/h4-14,21,27H,3H2,1-2H3. The van der Waals surface area contributed by atoms with Crippen LogP contribution in [0.3, 0.4) is 0 Å².